The molecule has 1 unspecified atom stereocenters. The lowest BCUT2D eigenvalue weighted by molar-refractivity contribution is -0.138. The van der Waals surface area contributed by atoms with Crippen LogP contribution in [0.3, 0.4) is 0 Å². The molecule has 0 saturated heterocycles. The number of hydrogen-bond donors (Lipinski definition) is 1. The molecule has 5 heteroatoms. The molecule has 2 aromatic rings. The Morgan fingerprint density at radius 2 is 1.66 bits per heavy atom. The van der Waals surface area contributed by atoms with E-state index in [1.807, 2.05) is 51.1 Å². The van der Waals surface area contributed by atoms with Crippen molar-refractivity contribution in [1.82, 2.24) is 4.90 Å². The smallest absolute Gasteiger partial charge is 0.246 e. The summed E-state index contributed by atoms with van der Waals surface area (Å²) in [5.74, 6) is -0.475. The second kappa shape index (κ2) is 10.6. The van der Waals surface area contributed by atoms with Crippen molar-refractivity contribution in [3.63, 3.8) is 0 Å². The van der Waals surface area contributed by atoms with Gasteiger partial charge in [-0.05, 0) is 56.5 Å². The molecule has 0 saturated carbocycles. The van der Waals surface area contributed by atoms with Crippen LogP contribution in [0.25, 0.3) is 0 Å². The van der Waals surface area contributed by atoms with Crippen molar-refractivity contribution in [2.45, 2.75) is 53.0 Å². The Labute approximate surface area is 173 Å². The molecule has 2 amide bonds. The summed E-state index contributed by atoms with van der Waals surface area (Å²) >= 11 is 0. The lowest BCUT2D eigenvalue weighted by Crippen LogP contribution is -2.46. The fourth-order valence-electron chi connectivity index (χ4n) is 3.11. The van der Waals surface area contributed by atoms with E-state index < -0.39 is 6.04 Å². The second-order valence-corrected chi connectivity index (χ2v) is 7.34. The lowest BCUT2D eigenvalue weighted by atomic mass is 10.0. The number of hydrogen-bond acceptors (Lipinski definition) is 3. The predicted molar refractivity (Wildman–Crippen MR) is 116 cm³/mol. The zero-order valence-corrected chi connectivity index (χ0v) is 17.7. The molecular weight excluding hydrogens is 364 g/mol. The van der Waals surface area contributed by atoms with Gasteiger partial charge >= 0.3 is 0 Å². The topological polar surface area (TPSA) is 66.5 Å². The molecule has 0 spiro atoms. The molecule has 0 heterocycles. The zero-order valence-electron chi connectivity index (χ0n) is 17.7. The van der Waals surface area contributed by atoms with E-state index in [4.69, 9.17) is 0 Å². The van der Waals surface area contributed by atoms with Crippen LogP contribution in [-0.2, 0) is 9.59 Å². The summed E-state index contributed by atoms with van der Waals surface area (Å²) in [6, 6.07) is 14.1. The number of para-hydroxylation sites is 1. The molecule has 0 radical (unpaired) electrons. The largest absolute Gasteiger partial charge is 0.331 e. The van der Waals surface area contributed by atoms with E-state index >= 15 is 0 Å². The van der Waals surface area contributed by atoms with Gasteiger partial charge in [0.25, 0.3) is 0 Å². The standard InChI is InChI=1S/C24H30N2O3/c1-5-15-26(19(4)24(29)25-21-9-7-6-8-10-21)23(28)14-13-22(27)20-12-11-17(2)18(3)16-20/h6-12,16,19H,5,13-15H2,1-4H3,(H,25,29). The van der Waals surface area contributed by atoms with Gasteiger partial charge in [-0.2, -0.15) is 0 Å². The third kappa shape index (κ3) is 6.28. The van der Waals surface area contributed by atoms with Crippen molar-refractivity contribution in [3.05, 3.63) is 65.2 Å². The third-order valence-corrected chi connectivity index (χ3v) is 5.07. The summed E-state index contributed by atoms with van der Waals surface area (Å²) in [5.41, 5.74) is 3.50. The quantitative estimate of drug-likeness (QED) is 0.635. The minimum atomic E-state index is -0.612. The Morgan fingerprint density at radius 1 is 0.966 bits per heavy atom. The Morgan fingerprint density at radius 3 is 2.28 bits per heavy atom. The average molecular weight is 395 g/mol. The van der Waals surface area contributed by atoms with Crippen molar-refractivity contribution >= 4 is 23.3 Å². The van der Waals surface area contributed by atoms with E-state index in [1.165, 1.54) is 0 Å². The van der Waals surface area contributed by atoms with Crippen molar-refractivity contribution in [3.8, 4) is 0 Å². The number of ketones is 1. The molecule has 0 aliphatic rings. The van der Waals surface area contributed by atoms with Crippen LogP contribution in [0, 0.1) is 13.8 Å². The Kier molecular flexibility index (Phi) is 8.13. The van der Waals surface area contributed by atoms with Gasteiger partial charge in [0.15, 0.2) is 5.78 Å². The molecule has 154 valence electrons. The van der Waals surface area contributed by atoms with Crippen LogP contribution in [0.2, 0.25) is 0 Å². The van der Waals surface area contributed by atoms with Crippen molar-refractivity contribution in [1.29, 1.82) is 0 Å². The molecule has 0 aliphatic carbocycles. The normalized spacial score (nSPS) is 11.6. The highest BCUT2D eigenvalue weighted by Crippen LogP contribution is 2.15. The van der Waals surface area contributed by atoms with E-state index in [0.717, 1.165) is 17.5 Å². The van der Waals surface area contributed by atoms with Gasteiger partial charge in [-0.25, -0.2) is 0 Å². The van der Waals surface area contributed by atoms with Crippen LogP contribution in [0.15, 0.2) is 48.5 Å². The second-order valence-electron chi connectivity index (χ2n) is 7.34. The van der Waals surface area contributed by atoms with E-state index in [1.54, 1.807) is 30.0 Å². The van der Waals surface area contributed by atoms with Crippen LogP contribution in [0.1, 0.15) is 54.6 Å². The number of nitrogens with zero attached hydrogens (tertiary/aromatic N) is 1. The van der Waals surface area contributed by atoms with Crippen LogP contribution in [-0.4, -0.2) is 35.1 Å². The van der Waals surface area contributed by atoms with Gasteiger partial charge in [0.05, 0.1) is 0 Å². The first-order valence-electron chi connectivity index (χ1n) is 10.1. The van der Waals surface area contributed by atoms with Crippen molar-refractivity contribution in [2.24, 2.45) is 0 Å². The van der Waals surface area contributed by atoms with E-state index in [9.17, 15) is 14.4 Å². The summed E-state index contributed by atoms with van der Waals surface area (Å²) < 4.78 is 0. The highest BCUT2D eigenvalue weighted by Gasteiger charge is 2.25. The van der Waals surface area contributed by atoms with Crippen LogP contribution < -0.4 is 5.32 Å². The van der Waals surface area contributed by atoms with E-state index in [-0.39, 0.29) is 30.4 Å². The minimum Gasteiger partial charge on any atom is -0.331 e. The van der Waals surface area contributed by atoms with Crippen LogP contribution >= 0.6 is 0 Å². The van der Waals surface area contributed by atoms with Crippen LogP contribution in [0.5, 0.6) is 0 Å². The first-order valence-corrected chi connectivity index (χ1v) is 10.1. The SMILES string of the molecule is CCCN(C(=O)CCC(=O)c1ccc(C)c(C)c1)C(C)C(=O)Nc1ccccc1. The highest BCUT2D eigenvalue weighted by molar-refractivity contribution is 5.99. The number of carbonyl (C=O) groups is 3. The molecule has 1 N–H and O–H groups in total. The maximum atomic E-state index is 12.8. The van der Waals surface area contributed by atoms with Gasteiger partial charge in [-0.15, -0.1) is 0 Å². The molecule has 0 aromatic heterocycles. The summed E-state index contributed by atoms with van der Waals surface area (Å²) in [6.45, 7) is 8.12. The molecule has 5 nitrogen and oxygen atoms in total. The Hall–Kier alpha value is -2.95. The molecular formula is C24H30N2O3. The Balaban J connectivity index is 1.99. The zero-order chi connectivity index (χ0) is 21.4. The molecule has 0 bridgehead atoms. The molecule has 2 rings (SSSR count). The fraction of sp³-hybridized carbons (Fsp3) is 0.375. The predicted octanol–water partition coefficient (Wildman–Crippen LogP) is 4.53. The van der Waals surface area contributed by atoms with E-state index in [2.05, 4.69) is 5.32 Å². The number of anilines is 1. The lowest BCUT2D eigenvalue weighted by Gasteiger charge is -2.28. The summed E-state index contributed by atoms with van der Waals surface area (Å²) in [5, 5.41) is 2.84. The third-order valence-electron chi connectivity index (χ3n) is 5.07. The van der Waals surface area contributed by atoms with Crippen LogP contribution in [0.4, 0.5) is 5.69 Å². The first-order chi connectivity index (χ1) is 13.8. The first kappa shape index (κ1) is 22.3. The number of carbonyl (C=O) groups excluding carboxylic acids is 3. The minimum absolute atomic E-state index is 0.0562. The van der Waals surface area contributed by atoms with Gasteiger partial charge in [-0.1, -0.05) is 37.3 Å². The monoisotopic (exact) mass is 394 g/mol. The van der Waals surface area contributed by atoms with Gasteiger partial charge < -0.3 is 10.2 Å². The number of rotatable bonds is 9. The summed E-state index contributed by atoms with van der Waals surface area (Å²) in [6.07, 6.45) is 0.961. The van der Waals surface area contributed by atoms with Gasteiger partial charge in [0.1, 0.15) is 6.04 Å². The summed E-state index contributed by atoms with van der Waals surface area (Å²) in [4.78, 5) is 39.4. The molecule has 1 atom stereocenters. The maximum absolute atomic E-state index is 12.8. The molecule has 0 aliphatic heterocycles. The van der Waals surface area contributed by atoms with Crippen molar-refractivity contribution < 1.29 is 14.4 Å². The number of amides is 2. The Bertz CT molecular complexity index is 862. The molecule has 0 fully saturated rings. The highest BCUT2D eigenvalue weighted by atomic mass is 16.2. The van der Waals surface area contributed by atoms with Gasteiger partial charge in [-0.3, -0.25) is 14.4 Å². The van der Waals surface area contributed by atoms with Gasteiger partial charge in [0.2, 0.25) is 11.8 Å². The van der Waals surface area contributed by atoms with Gasteiger partial charge in [0, 0.05) is 30.6 Å². The summed E-state index contributed by atoms with van der Waals surface area (Å²) in [7, 11) is 0. The number of benzene rings is 2. The number of Topliss-reactive ketones (excluding diaryl/α,β-unsaturated/α-hetero) is 1. The molecule has 2 aromatic carbocycles. The number of aryl methyl sites for hydroxylation is 2. The average Bonchev–Trinajstić information content (AvgIpc) is 2.72. The molecule has 29 heavy (non-hydrogen) atoms. The number of nitrogens with one attached hydrogen (secondary N) is 1. The van der Waals surface area contributed by atoms with E-state index in [0.29, 0.717) is 17.8 Å². The van der Waals surface area contributed by atoms with Crippen molar-refractivity contribution in [2.75, 3.05) is 11.9 Å². The maximum Gasteiger partial charge on any atom is 0.246 e. The fourth-order valence-corrected chi connectivity index (χ4v) is 3.11.